The van der Waals surface area contributed by atoms with E-state index < -0.39 is 0 Å². The van der Waals surface area contributed by atoms with Gasteiger partial charge in [0.05, 0.1) is 19.0 Å². The lowest BCUT2D eigenvalue weighted by atomic mass is 10.2. The number of nitrogens with two attached hydrogens (primary N) is 2. The molecule has 0 aliphatic rings. The van der Waals surface area contributed by atoms with Gasteiger partial charge in [-0.25, -0.2) is 10.8 Å². The van der Waals surface area contributed by atoms with Crippen molar-refractivity contribution in [3.05, 3.63) is 30.2 Å². The number of halogens is 3. The van der Waals surface area contributed by atoms with Crippen molar-refractivity contribution in [2.24, 2.45) is 11.6 Å². The fraction of sp³-hybridized carbons (Fsp3) is 0.438. The van der Waals surface area contributed by atoms with Crippen molar-refractivity contribution in [3.8, 4) is 11.4 Å². The van der Waals surface area contributed by atoms with E-state index in [1.54, 1.807) is 6.26 Å². The molecule has 4 N–H and O–H groups in total. The van der Waals surface area contributed by atoms with Gasteiger partial charge in [-0.1, -0.05) is 36.9 Å². The fourth-order valence-corrected chi connectivity index (χ4v) is 2.17. The molecule has 0 aliphatic heterocycles. The summed E-state index contributed by atoms with van der Waals surface area (Å²) in [6, 6.07) is 5.96. The number of hydrogen-bond acceptors (Lipinski definition) is 6. The van der Waals surface area contributed by atoms with E-state index in [0.29, 0.717) is 30.5 Å². The van der Waals surface area contributed by atoms with Crippen molar-refractivity contribution in [1.82, 2.24) is 15.1 Å². The quantitative estimate of drug-likeness (QED) is 0.209. The summed E-state index contributed by atoms with van der Waals surface area (Å²) in [6.45, 7) is 7.14. The van der Waals surface area contributed by atoms with Gasteiger partial charge in [-0.2, -0.15) is 5.12 Å². The Morgan fingerprint density at radius 3 is 2.50 bits per heavy atom. The summed E-state index contributed by atoms with van der Waals surface area (Å²) in [4.78, 5) is 8.81. The van der Waals surface area contributed by atoms with Crippen molar-refractivity contribution in [2.45, 2.75) is 39.2 Å². The minimum Gasteiger partial charge on any atom is -0.390 e. The summed E-state index contributed by atoms with van der Waals surface area (Å²) in [7, 11) is 0. The van der Waals surface area contributed by atoms with Gasteiger partial charge in [0.1, 0.15) is 5.69 Å². The van der Waals surface area contributed by atoms with E-state index in [0.717, 1.165) is 18.5 Å². The maximum atomic E-state index is 5.99. The second kappa shape index (κ2) is 13.8. The monoisotopic (exact) mass is 425 g/mol. The molecule has 2 rings (SSSR count). The molecule has 0 bridgehead atoms. The van der Waals surface area contributed by atoms with Crippen molar-refractivity contribution in [2.75, 3.05) is 6.54 Å². The van der Waals surface area contributed by atoms with Crippen molar-refractivity contribution in [1.29, 1.82) is 0 Å². The molecular weight excluding hydrogens is 399 g/mol. The number of hydrogen-bond donors (Lipinski definition) is 2. The van der Waals surface area contributed by atoms with Crippen molar-refractivity contribution < 1.29 is 9.10 Å². The molecule has 0 atom stereocenters. The van der Waals surface area contributed by atoms with E-state index in [9.17, 15) is 0 Å². The Morgan fingerprint density at radius 2 is 1.85 bits per heavy atom. The van der Waals surface area contributed by atoms with E-state index in [4.69, 9.17) is 16.0 Å². The number of rotatable bonds is 9. The fourth-order valence-electron chi connectivity index (χ4n) is 2.17. The van der Waals surface area contributed by atoms with Crippen LogP contribution >= 0.6 is 37.2 Å². The highest BCUT2D eigenvalue weighted by Crippen LogP contribution is 2.20. The summed E-state index contributed by atoms with van der Waals surface area (Å²) >= 11 is 0. The molecule has 10 heteroatoms. The van der Waals surface area contributed by atoms with Crippen LogP contribution in [0, 0.1) is 0 Å². The number of hydrazine groups is 2. The Bertz CT molecular complexity index is 652. The van der Waals surface area contributed by atoms with Crippen LogP contribution in [0.15, 0.2) is 28.9 Å². The highest BCUT2D eigenvalue weighted by Gasteiger charge is 2.22. The average Bonchev–Trinajstić information content (AvgIpc) is 3.08. The van der Waals surface area contributed by atoms with Crippen LogP contribution in [0.25, 0.3) is 11.4 Å². The van der Waals surface area contributed by atoms with Gasteiger partial charge >= 0.3 is 6.01 Å². The van der Waals surface area contributed by atoms with Gasteiger partial charge < -0.3 is 10.2 Å². The maximum Gasteiger partial charge on any atom is 0.528 e. The summed E-state index contributed by atoms with van der Waals surface area (Å²) in [5.74, 6) is 5.99. The van der Waals surface area contributed by atoms with Crippen LogP contribution in [-0.2, 0) is 6.54 Å². The van der Waals surface area contributed by atoms with Gasteiger partial charge in [-0.05, 0) is 18.6 Å². The molecule has 26 heavy (non-hydrogen) atoms. The number of nitrogens with zero attached hydrogens (tertiary/aromatic N) is 4. The van der Waals surface area contributed by atoms with Gasteiger partial charge in [0.25, 0.3) is 0 Å². The van der Waals surface area contributed by atoms with Crippen LogP contribution in [-0.4, -0.2) is 33.0 Å². The first kappa shape index (κ1) is 26.8. The molecule has 7 nitrogen and oxygen atoms in total. The van der Waals surface area contributed by atoms with Crippen molar-refractivity contribution in [3.63, 3.8) is 0 Å². The highest BCUT2D eigenvalue weighted by atomic mass is 35.5. The van der Waals surface area contributed by atoms with Gasteiger partial charge in [0.2, 0.25) is 5.69 Å². The number of aromatic nitrogens is 2. The largest absolute Gasteiger partial charge is 0.528 e. The smallest absolute Gasteiger partial charge is 0.390 e. The second-order valence-corrected chi connectivity index (χ2v) is 5.36. The zero-order chi connectivity index (χ0) is 16.7. The summed E-state index contributed by atoms with van der Waals surface area (Å²) in [5.41, 5.74) is 7.75. The maximum absolute atomic E-state index is 5.99. The Hall–Kier alpha value is -1.38. The van der Waals surface area contributed by atoms with Gasteiger partial charge in [-0.3, -0.25) is 0 Å². The second-order valence-electron chi connectivity index (χ2n) is 5.36. The summed E-state index contributed by atoms with van der Waals surface area (Å²) in [5, 5.41) is 1.51. The predicted molar refractivity (Wildman–Crippen MR) is 111 cm³/mol. The van der Waals surface area contributed by atoms with E-state index in [2.05, 4.69) is 23.6 Å². The van der Waals surface area contributed by atoms with Crippen LogP contribution in [0.2, 0.25) is 0 Å². The molecule has 0 saturated heterocycles. The molecule has 0 unspecified atom stereocenters. The normalized spacial score (nSPS) is 9.50. The molecule has 0 aliphatic carbocycles. The molecule has 0 saturated carbocycles. The molecule has 2 heterocycles. The van der Waals surface area contributed by atoms with E-state index in [-0.39, 0.29) is 37.2 Å². The standard InChI is InChI=1S/C16H25N6O.3ClH/c1-3-4-5-6-10-22(18)21(2)16-20-15(12-23-16)14-9-7-8-13(11-17)19-14;;;/h7-9,12H,2-6,10-11,17-18H2,1H3;3*1H/q+1;;;. The van der Waals surface area contributed by atoms with Crippen LogP contribution in [0.5, 0.6) is 0 Å². The third kappa shape index (κ3) is 7.47. The molecule has 0 radical (unpaired) electrons. The first-order chi connectivity index (χ1) is 11.2. The highest BCUT2D eigenvalue weighted by molar-refractivity contribution is 5.86. The zero-order valence-electron chi connectivity index (χ0n) is 14.8. The molecule has 0 fully saturated rings. The molecule has 0 spiro atoms. The third-order valence-electron chi connectivity index (χ3n) is 3.54. The molecule has 2 aromatic rings. The van der Waals surface area contributed by atoms with Crippen LogP contribution in [0.4, 0.5) is 6.01 Å². The zero-order valence-corrected chi connectivity index (χ0v) is 17.3. The number of hydrazone groups is 1. The minimum atomic E-state index is 0. The van der Waals surface area contributed by atoms with Crippen molar-refractivity contribution >= 4 is 50.0 Å². The van der Waals surface area contributed by atoms with Gasteiger partial charge in [-0.15, -0.1) is 37.2 Å². The minimum absolute atomic E-state index is 0. The molecule has 0 amide bonds. The molecule has 0 aromatic carbocycles. The first-order valence-corrected chi connectivity index (χ1v) is 7.90. The van der Waals surface area contributed by atoms with Crippen LogP contribution < -0.4 is 11.6 Å². The predicted octanol–water partition coefficient (Wildman–Crippen LogP) is 3.48. The topological polar surface area (TPSA) is 97.2 Å². The molecular formula is C16H28Cl3N6O+. The van der Waals surface area contributed by atoms with E-state index in [1.165, 1.54) is 22.6 Å². The lowest BCUT2D eigenvalue weighted by Crippen LogP contribution is -2.38. The summed E-state index contributed by atoms with van der Waals surface area (Å²) in [6.07, 6.45) is 6.09. The van der Waals surface area contributed by atoms with Crippen LogP contribution in [0.3, 0.4) is 0 Å². The molecule has 148 valence electrons. The Kier molecular flexibility index (Phi) is 14.2. The lowest BCUT2D eigenvalue weighted by Gasteiger charge is -2.14. The number of oxazole rings is 1. The van der Waals surface area contributed by atoms with E-state index in [1.807, 2.05) is 18.2 Å². The Balaban J connectivity index is 0. The number of unbranched alkanes of at least 4 members (excludes halogenated alkanes) is 3. The Labute approximate surface area is 173 Å². The number of pyridine rings is 1. The van der Waals surface area contributed by atoms with Gasteiger partial charge in [0.15, 0.2) is 6.26 Å². The van der Waals surface area contributed by atoms with Gasteiger partial charge in [0, 0.05) is 11.5 Å². The van der Waals surface area contributed by atoms with E-state index >= 15 is 0 Å². The third-order valence-corrected chi connectivity index (χ3v) is 3.54. The first-order valence-electron chi connectivity index (χ1n) is 7.90. The average molecular weight is 427 g/mol. The molecule has 2 aromatic heterocycles. The summed E-state index contributed by atoms with van der Waals surface area (Å²) < 4.78 is 6.92. The Morgan fingerprint density at radius 1 is 1.12 bits per heavy atom. The van der Waals surface area contributed by atoms with Crippen LogP contribution in [0.1, 0.15) is 38.3 Å². The lowest BCUT2D eigenvalue weighted by molar-refractivity contribution is -0.632. The SMILES string of the molecule is C=[N+](c1nc(-c2cccc(CN)n2)co1)N(N)CCCCCC.Cl.Cl.Cl.